The molecule has 0 saturated carbocycles. The molecule has 1 N–H and O–H groups in total. The number of hydrogen-bond donors (Lipinski definition) is 1. The first-order chi connectivity index (χ1) is 15.9. The molecule has 170 valence electrons. The molecule has 0 saturated heterocycles. The van der Waals surface area contributed by atoms with Gasteiger partial charge in [0.15, 0.2) is 17.2 Å². The Balaban J connectivity index is 1.84. The number of nitrogens with zero attached hydrogens (tertiary/aromatic N) is 4. The normalized spacial score (nSPS) is 15.8. The van der Waals surface area contributed by atoms with Crippen LogP contribution in [-0.4, -0.2) is 26.5 Å². The molecule has 2 aromatic heterocycles. The van der Waals surface area contributed by atoms with Crippen LogP contribution >= 0.6 is 11.6 Å². The highest BCUT2D eigenvalue weighted by Gasteiger charge is 2.29. The van der Waals surface area contributed by atoms with Crippen molar-refractivity contribution >= 4 is 22.3 Å². The Bertz CT molecular complexity index is 1280. The van der Waals surface area contributed by atoms with E-state index in [-0.39, 0.29) is 0 Å². The number of aromatic nitrogens is 3. The average molecular weight is 462 g/mol. The molecule has 3 aromatic rings. The van der Waals surface area contributed by atoms with Gasteiger partial charge in [-0.05, 0) is 42.2 Å². The number of fused-ring (bicyclic) bond motifs is 1. The third-order valence-electron chi connectivity index (χ3n) is 5.65. The standard InChI is InChI=1S/C26H28ClN5O/c1-6-9-19(33-5)13-12-18(3)22-21(20-11-8-7-10-17(20)2)16-32-23(22)24(27)29-25(30-32)26-28-14-15-31(26)4/h7-16,25,30H,3,6H2,1-2,4-5H3/b13-12-,19-9+. The maximum Gasteiger partial charge on any atom is 0.192 e. The number of hydrogen-bond acceptors (Lipinski definition) is 4. The SMILES string of the molecule is C=C(/C=C\C(=C/CC)OC)c1c(-c2ccccc2C)cn2c1C(Cl)=NC(c1nccn1C)N2. The van der Waals surface area contributed by atoms with Crippen LogP contribution in [0.3, 0.4) is 0 Å². The summed E-state index contributed by atoms with van der Waals surface area (Å²) in [6.45, 7) is 8.53. The van der Waals surface area contributed by atoms with Gasteiger partial charge in [0.25, 0.3) is 0 Å². The van der Waals surface area contributed by atoms with Crippen molar-refractivity contribution in [2.45, 2.75) is 26.4 Å². The Kier molecular flexibility index (Phi) is 6.56. The van der Waals surface area contributed by atoms with Crippen LogP contribution in [0.4, 0.5) is 0 Å². The highest BCUT2D eigenvalue weighted by Crippen LogP contribution is 2.38. The zero-order valence-corrected chi connectivity index (χ0v) is 20.1. The minimum atomic E-state index is -0.397. The second-order valence-corrected chi connectivity index (χ2v) is 8.23. The van der Waals surface area contributed by atoms with E-state index in [9.17, 15) is 0 Å². The molecule has 6 nitrogen and oxygen atoms in total. The molecule has 1 aromatic carbocycles. The van der Waals surface area contributed by atoms with Crippen LogP contribution in [0.1, 0.15) is 42.2 Å². The molecule has 0 fully saturated rings. The number of imidazole rings is 1. The van der Waals surface area contributed by atoms with Crippen LogP contribution < -0.4 is 5.43 Å². The van der Waals surface area contributed by atoms with Crippen molar-refractivity contribution < 1.29 is 4.74 Å². The first-order valence-electron chi connectivity index (χ1n) is 10.8. The maximum atomic E-state index is 6.79. The monoisotopic (exact) mass is 461 g/mol. The summed E-state index contributed by atoms with van der Waals surface area (Å²) in [6.07, 6.45) is 12.1. The molecule has 7 heteroatoms. The quantitative estimate of drug-likeness (QED) is 0.349. The minimum Gasteiger partial charge on any atom is -0.497 e. The number of aliphatic imine (C=N–C) groups is 1. The first kappa shape index (κ1) is 22.7. The Morgan fingerprint density at radius 2 is 2.06 bits per heavy atom. The van der Waals surface area contributed by atoms with E-state index in [1.54, 1.807) is 13.3 Å². The fourth-order valence-electron chi connectivity index (χ4n) is 3.99. The lowest BCUT2D eigenvalue weighted by Gasteiger charge is -2.24. The van der Waals surface area contributed by atoms with Gasteiger partial charge in [-0.15, -0.1) is 0 Å². The van der Waals surface area contributed by atoms with Gasteiger partial charge in [-0.25, -0.2) is 9.98 Å². The molecule has 0 spiro atoms. The number of methoxy groups -OCH3 is 1. The van der Waals surface area contributed by atoms with Crippen molar-refractivity contribution in [1.29, 1.82) is 0 Å². The molecule has 4 rings (SSSR count). The van der Waals surface area contributed by atoms with E-state index in [1.165, 1.54) is 0 Å². The van der Waals surface area contributed by atoms with Gasteiger partial charge >= 0.3 is 0 Å². The van der Waals surface area contributed by atoms with Crippen molar-refractivity contribution in [3.05, 3.63) is 96.1 Å². The third-order valence-corrected chi connectivity index (χ3v) is 5.93. The predicted octanol–water partition coefficient (Wildman–Crippen LogP) is 5.95. The number of allylic oxidation sites excluding steroid dienone is 4. The second-order valence-electron chi connectivity index (χ2n) is 7.88. The molecular formula is C26H28ClN5O. The lowest BCUT2D eigenvalue weighted by Crippen LogP contribution is -2.29. The first-order valence-corrected chi connectivity index (χ1v) is 11.2. The Labute approximate surface area is 199 Å². The van der Waals surface area contributed by atoms with Gasteiger partial charge in [0.05, 0.1) is 7.11 Å². The Morgan fingerprint density at radius 3 is 2.73 bits per heavy atom. The van der Waals surface area contributed by atoms with E-state index in [0.29, 0.717) is 5.17 Å². The van der Waals surface area contributed by atoms with E-state index in [2.05, 4.69) is 49.2 Å². The molecule has 0 bridgehead atoms. The van der Waals surface area contributed by atoms with Gasteiger partial charge in [0.1, 0.15) is 11.5 Å². The van der Waals surface area contributed by atoms with Crippen molar-refractivity contribution in [1.82, 2.24) is 14.2 Å². The number of rotatable bonds is 7. The van der Waals surface area contributed by atoms with Crippen LogP contribution in [0.15, 0.2) is 78.4 Å². The van der Waals surface area contributed by atoms with E-state index >= 15 is 0 Å². The van der Waals surface area contributed by atoms with Crippen LogP contribution in [0.25, 0.3) is 16.7 Å². The average Bonchev–Trinajstić information content (AvgIpc) is 3.40. The predicted molar refractivity (Wildman–Crippen MR) is 136 cm³/mol. The van der Waals surface area contributed by atoms with Gasteiger partial charge < -0.3 is 9.30 Å². The maximum absolute atomic E-state index is 6.79. The second kappa shape index (κ2) is 9.55. The van der Waals surface area contributed by atoms with E-state index in [4.69, 9.17) is 21.3 Å². The minimum absolute atomic E-state index is 0.397. The van der Waals surface area contributed by atoms with Crippen LogP contribution in [0.5, 0.6) is 0 Å². The van der Waals surface area contributed by atoms with Crippen LogP contribution in [0.2, 0.25) is 0 Å². The fourth-order valence-corrected chi connectivity index (χ4v) is 4.28. The zero-order chi connectivity index (χ0) is 23.5. The van der Waals surface area contributed by atoms with E-state index < -0.39 is 6.17 Å². The molecule has 1 atom stereocenters. The summed E-state index contributed by atoms with van der Waals surface area (Å²) in [7, 11) is 3.60. The summed E-state index contributed by atoms with van der Waals surface area (Å²) in [5.74, 6) is 1.57. The van der Waals surface area contributed by atoms with Crippen LogP contribution in [-0.2, 0) is 11.8 Å². The van der Waals surface area contributed by atoms with Crippen LogP contribution in [0, 0.1) is 6.92 Å². The fraction of sp³-hybridized carbons (Fsp3) is 0.231. The van der Waals surface area contributed by atoms with Crippen molar-refractivity contribution in [2.75, 3.05) is 12.5 Å². The van der Waals surface area contributed by atoms with E-state index in [1.807, 2.05) is 52.8 Å². The smallest absolute Gasteiger partial charge is 0.192 e. The largest absolute Gasteiger partial charge is 0.497 e. The summed E-state index contributed by atoms with van der Waals surface area (Å²) < 4.78 is 9.31. The van der Waals surface area contributed by atoms with Gasteiger partial charge in [0, 0.05) is 36.8 Å². The summed E-state index contributed by atoms with van der Waals surface area (Å²) in [6, 6.07) is 8.28. The van der Waals surface area contributed by atoms with Crippen molar-refractivity contribution in [3.8, 4) is 11.1 Å². The zero-order valence-electron chi connectivity index (χ0n) is 19.3. The molecule has 1 aliphatic rings. The van der Waals surface area contributed by atoms with Gasteiger partial charge in [-0.2, -0.15) is 0 Å². The molecule has 0 radical (unpaired) electrons. The Morgan fingerprint density at radius 1 is 1.27 bits per heavy atom. The summed E-state index contributed by atoms with van der Waals surface area (Å²) >= 11 is 6.79. The summed E-state index contributed by atoms with van der Waals surface area (Å²) in [5.41, 5.74) is 9.24. The molecule has 3 heterocycles. The molecule has 0 aliphatic carbocycles. The van der Waals surface area contributed by atoms with Gasteiger partial charge in [-0.3, -0.25) is 10.1 Å². The summed E-state index contributed by atoms with van der Waals surface area (Å²) in [5, 5.41) is 0.405. The van der Waals surface area contributed by atoms with Gasteiger partial charge in [0.2, 0.25) is 0 Å². The highest BCUT2D eigenvalue weighted by atomic mass is 35.5. The number of nitrogens with one attached hydrogen (secondary N) is 1. The van der Waals surface area contributed by atoms with Crippen molar-refractivity contribution in [3.63, 3.8) is 0 Å². The molecular weight excluding hydrogens is 434 g/mol. The lowest BCUT2D eigenvalue weighted by molar-refractivity contribution is 0.305. The molecule has 1 aliphatic heterocycles. The Hall–Kier alpha value is -3.51. The molecule has 0 amide bonds. The summed E-state index contributed by atoms with van der Waals surface area (Å²) in [4.78, 5) is 9.14. The lowest BCUT2D eigenvalue weighted by atomic mass is 9.94. The molecule has 33 heavy (non-hydrogen) atoms. The number of benzene rings is 1. The highest BCUT2D eigenvalue weighted by molar-refractivity contribution is 6.69. The number of aryl methyl sites for hydroxylation is 2. The van der Waals surface area contributed by atoms with E-state index in [0.717, 1.165) is 51.5 Å². The number of halogens is 1. The topological polar surface area (TPSA) is 56.4 Å². The number of ether oxygens (including phenoxy) is 1. The van der Waals surface area contributed by atoms with Crippen molar-refractivity contribution in [2.24, 2.45) is 12.0 Å². The van der Waals surface area contributed by atoms with Gasteiger partial charge in [-0.1, -0.05) is 55.4 Å². The third kappa shape index (κ3) is 4.39. The molecule has 1 unspecified atom stereocenters.